The van der Waals surface area contributed by atoms with Gasteiger partial charge in [-0.2, -0.15) is 0 Å². The van der Waals surface area contributed by atoms with Crippen molar-refractivity contribution in [2.24, 2.45) is 0 Å². The van der Waals surface area contributed by atoms with Gasteiger partial charge in [-0.25, -0.2) is 4.98 Å². The molecule has 8 nitrogen and oxygen atoms in total. The molecule has 43 heavy (non-hydrogen) atoms. The van der Waals surface area contributed by atoms with Gasteiger partial charge in [0, 0.05) is 53.5 Å². The molecule has 5 rings (SSSR count). The number of nitrogens with zero attached hydrogens (tertiary/aromatic N) is 4. The highest BCUT2D eigenvalue weighted by molar-refractivity contribution is 9.10. The summed E-state index contributed by atoms with van der Waals surface area (Å²) < 4.78 is 0.968. The smallest absolute Gasteiger partial charge is 0.245 e. The zero-order valence-electron chi connectivity index (χ0n) is 23.6. The summed E-state index contributed by atoms with van der Waals surface area (Å²) in [5.41, 5.74) is 3.98. The molecule has 0 saturated carbocycles. The lowest BCUT2D eigenvalue weighted by molar-refractivity contribution is -0.141. The molecule has 2 heterocycles. The molecule has 0 radical (unpaired) electrons. The molecule has 1 unspecified atom stereocenters. The summed E-state index contributed by atoms with van der Waals surface area (Å²) in [7, 11) is 0. The van der Waals surface area contributed by atoms with Crippen LogP contribution in [0.3, 0.4) is 0 Å². The number of carbonyl (C=O) groups excluding carboxylic acids is 3. The lowest BCUT2D eigenvalue weighted by Crippen LogP contribution is -2.53. The highest BCUT2D eigenvalue weighted by Crippen LogP contribution is 2.30. The van der Waals surface area contributed by atoms with Crippen molar-refractivity contribution >= 4 is 61.7 Å². The maximum Gasteiger partial charge on any atom is 0.245 e. The lowest BCUT2D eigenvalue weighted by atomic mass is 9.96. The van der Waals surface area contributed by atoms with E-state index in [2.05, 4.69) is 43.3 Å². The summed E-state index contributed by atoms with van der Waals surface area (Å²) in [5, 5.41) is 5.74. The molecule has 11 heteroatoms. The summed E-state index contributed by atoms with van der Waals surface area (Å²) in [5.74, 6) is -0.931. The minimum Gasteiger partial charge on any atom is -0.339 e. The van der Waals surface area contributed by atoms with E-state index in [1.165, 1.54) is 28.7 Å². The van der Waals surface area contributed by atoms with Crippen LogP contribution >= 0.6 is 38.9 Å². The van der Waals surface area contributed by atoms with E-state index in [-0.39, 0.29) is 30.9 Å². The molecule has 222 valence electrons. The number of thiazole rings is 1. The Labute approximate surface area is 268 Å². The molecule has 1 saturated heterocycles. The Morgan fingerprint density at radius 2 is 1.58 bits per heavy atom. The van der Waals surface area contributed by atoms with Crippen molar-refractivity contribution in [3.8, 4) is 11.3 Å². The van der Waals surface area contributed by atoms with Gasteiger partial charge in [-0.1, -0.05) is 82.1 Å². The van der Waals surface area contributed by atoms with Crippen LogP contribution in [0.15, 0.2) is 88.7 Å². The molecule has 3 amide bonds. The molecule has 1 aliphatic rings. The van der Waals surface area contributed by atoms with E-state index in [9.17, 15) is 14.4 Å². The van der Waals surface area contributed by atoms with E-state index in [0.29, 0.717) is 36.3 Å². The molecule has 1 aliphatic heterocycles. The lowest BCUT2D eigenvalue weighted by Gasteiger charge is -2.40. The van der Waals surface area contributed by atoms with Crippen molar-refractivity contribution in [1.29, 1.82) is 0 Å². The molecule has 1 atom stereocenters. The number of carbonyl (C=O) groups is 3. The van der Waals surface area contributed by atoms with Gasteiger partial charge < -0.3 is 15.1 Å². The number of hydrogen-bond donors (Lipinski definition) is 1. The third-order valence-electron chi connectivity index (χ3n) is 7.33. The Balaban J connectivity index is 1.17. The van der Waals surface area contributed by atoms with Crippen molar-refractivity contribution in [2.75, 3.05) is 44.6 Å². The molecule has 0 bridgehead atoms. The number of anilines is 1. The SMILES string of the molecule is CC(=O)N(CC(=O)Nc1nc(-c2ccc(Br)cc2)cs1)CC(=O)N1CCN(C(c2ccccc2)c2ccc(Cl)cc2)CC1. The number of amides is 3. The van der Waals surface area contributed by atoms with Crippen LogP contribution in [0.2, 0.25) is 5.02 Å². The highest BCUT2D eigenvalue weighted by Gasteiger charge is 2.29. The third kappa shape index (κ3) is 8.08. The summed E-state index contributed by atoms with van der Waals surface area (Å²) in [6.07, 6.45) is 0. The molecule has 4 aromatic rings. The second kappa shape index (κ2) is 14.3. The average Bonchev–Trinajstić information content (AvgIpc) is 3.47. The van der Waals surface area contributed by atoms with Gasteiger partial charge in [0.15, 0.2) is 5.13 Å². The predicted molar refractivity (Wildman–Crippen MR) is 174 cm³/mol. The summed E-state index contributed by atoms with van der Waals surface area (Å²) >= 11 is 10.9. The van der Waals surface area contributed by atoms with Crippen LogP contribution in [0.5, 0.6) is 0 Å². The van der Waals surface area contributed by atoms with Crippen molar-refractivity contribution < 1.29 is 14.4 Å². The van der Waals surface area contributed by atoms with Gasteiger partial charge in [0.25, 0.3) is 0 Å². The fraction of sp³-hybridized carbons (Fsp3) is 0.250. The minimum atomic E-state index is -0.404. The first-order valence-electron chi connectivity index (χ1n) is 13.9. The van der Waals surface area contributed by atoms with Crippen molar-refractivity contribution in [2.45, 2.75) is 13.0 Å². The number of nitrogens with one attached hydrogen (secondary N) is 1. The minimum absolute atomic E-state index is 0.0308. The van der Waals surface area contributed by atoms with Crippen LogP contribution in [0.1, 0.15) is 24.1 Å². The number of benzene rings is 3. The monoisotopic (exact) mass is 679 g/mol. The van der Waals surface area contributed by atoms with Crippen LogP contribution in [-0.2, 0) is 14.4 Å². The van der Waals surface area contributed by atoms with Crippen molar-refractivity contribution in [3.05, 3.63) is 105 Å². The fourth-order valence-electron chi connectivity index (χ4n) is 5.08. The molecule has 0 spiro atoms. The number of hydrogen-bond acceptors (Lipinski definition) is 6. The largest absolute Gasteiger partial charge is 0.339 e. The topological polar surface area (TPSA) is 85.8 Å². The van der Waals surface area contributed by atoms with E-state index in [0.717, 1.165) is 21.3 Å². The van der Waals surface area contributed by atoms with Gasteiger partial charge in [-0.3, -0.25) is 19.3 Å². The van der Waals surface area contributed by atoms with Crippen LogP contribution < -0.4 is 5.32 Å². The summed E-state index contributed by atoms with van der Waals surface area (Å²) in [6, 6.07) is 25.9. The van der Waals surface area contributed by atoms with Crippen molar-refractivity contribution in [1.82, 2.24) is 19.7 Å². The second-order valence-corrected chi connectivity index (χ2v) is 12.5. The van der Waals surface area contributed by atoms with E-state index in [1.54, 1.807) is 4.90 Å². The molecule has 0 aliphatic carbocycles. The van der Waals surface area contributed by atoms with Gasteiger partial charge in [-0.05, 0) is 35.4 Å². The van der Waals surface area contributed by atoms with Crippen LogP contribution in [0, 0.1) is 0 Å². The zero-order chi connectivity index (χ0) is 30.3. The molecular formula is C32H31BrClN5O3S. The Morgan fingerprint density at radius 3 is 2.23 bits per heavy atom. The molecule has 1 N–H and O–H groups in total. The highest BCUT2D eigenvalue weighted by atomic mass is 79.9. The average molecular weight is 681 g/mol. The number of piperazine rings is 1. The van der Waals surface area contributed by atoms with E-state index in [4.69, 9.17) is 11.6 Å². The van der Waals surface area contributed by atoms with Gasteiger partial charge in [0.1, 0.15) is 13.1 Å². The first-order chi connectivity index (χ1) is 20.8. The number of aromatic nitrogens is 1. The maximum absolute atomic E-state index is 13.2. The number of halogens is 2. The van der Waals surface area contributed by atoms with E-state index in [1.807, 2.05) is 72.1 Å². The quantitative estimate of drug-likeness (QED) is 0.236. The van der Waals surface area contributed by atoms with Gasteiger partial charge in [0.2, 0.25) is 17.7 Å². The van der Waals surface area contributed by atoms with Crippen molar-refractivity contribution in [3.63, 3.8) is 0 Å². The van der Waals surface area contributed by atoms with Gasteiger partial charge in [0.05, 0.1) is 11.7 Å². The Hall–Kier alpha value is -3.57. The maximum atomic E-state index is 13.2. The molecule has 1 aromatic heterocycles. The standard InChI is InChI=1S/C32H31BrClN5O3S/c1-22(40)39(19-29(41)36-32-35-28(21-43-32)23-7-11-26(33)12-8-23)20-30(42)37-15-17-38(18-16-37)31(24-5-3-2-4-6-24)25-9-13-27(34)14-10-25/h2-14,21,31H,15-20H2,1H3,(H,35,36,41). The summed E-state index contributed by atoms with van der Waals surface area (Å²) in [6.45, 7) is 3.34. The molecule has 3 aromatic carbocycles. The van der Waals surface area contributed by atoms with Crippen LogP contribution in [0.25, 0.3) is 11.3 Å². The Bertz CT molecular complexity index is 1560. The van der Waals surface area contributed by atoms with E-state index >= 15 is 0 Å². The molecule has 1 fully saturated rings. The first kappa shape index (κ1) is 30.9. The Kier molecular flexibility index (Phi) is 10.2. The fourth-order valence-corrected chi connectivity index (χ4v) is 6.21. The first-order valence-corrected chi connectivity index (χ1v) is 15.9. The van der Waals surface area contributed by atoms with Crippen LogP contribution in [-0.4, -0.2) is 76.7 Å². The normalized spacial score (nSPS) is 14.3. The summed E-state index contributed by atoms with van der Waals surface area (Å²) in [4.78, 5) is 48.3. The Morgan fingerprint density at radius 1 is 0.930 bits per heavy atom. The van der Waals surface area contributed by atoms with Gasteiger partial charge in [-0.15, -0.1) is 11.3 Å². The van der Waals surface area contributed by atoms with E-state index < -0.39 is 5.91 Å². The number of rotatable bonds is 9. The molecular weight excluding hydrogens is 650 g/mol. The van der Waals surface area contributed by atoms with Crippen LogP contribution in [0.4, 0.5) is 5.13 Å². The zero-order valence-corrected chi connectivity index (χ0v) is 26.7. The third-order valence-corrected chi connectivity index (χ3v) is 8.87. The second-order valence-electron chi connectivity index (χ2n) is 10.2. The van der Waals surface area contributed by atoms with Gasteiger partial charge >= 0.3 is 0 Å². The predicted octanol–water partition coefficient (Wildman–Crippen LogP) is 5.95.